The number of aryl methyl sites for hydroxylation is 1. The lowest BCUT2D eigenvalue weighted by molar-refractivity contribution is -0.136. The number of anilines is 1. The SMILES string of the molecule is CC(CCc1ccccc1)NC(=O)C(=O)Nc1c2c(nn1-c1ccc(Cl)cc1)CS(=O)(=O)C2. The van der Waals surface area contributed by atoms with Gasteiger partial charge in [-0.3, -0.25) is 9.59 Å². The molecule has 0 spiro atoms. The fourth-order valence-electron chi connectivity index (χ4n) is 3.69. The molecule has 2 N–H and O–H groups in total. The molecule has 1 unspecified atom stereocenters. The van der Waals surface area contributed by atoms with E-state index in [0.29, 0.717) is 28.4 Å². The largest absolute Gasteiger partial charge is 0.345 e. The Kier molecular flexibility index (Phi) is 6.53. The molecule has 1 aliphatic heterocycles. The van der Waals surface area contributed by atoms with E-state index in [1.54, 1.807) is 24.3 Å². The highest BCUT2D eigenvalue weighted by Crippen LogP contribution is 2.33. The summed E-state index contributed by atoms with van der Waals surface area (Å²) < 4.78 is 25.6. The van der Waals surface area contributed by atoms with Gasteiger partial charge in [-0.25, -0.2) is 13.1 Å². The van der Waals surface area contributed by atoms with Gasteiger partial charge in [0.2, 0.25) is 0 Å². The van der Waals surface area contributed by atoms with Crippen LogP contribution in [0.25, 0.3) is 5.69 Å². The van der Waals surface area contributed by atoms with Crippen LogP contribution in [-0.2, 0) is 37.4 Å². The lowest BCUT2D eigenvalue weighted by Crippen LogP contribution is -2.41. The molecule has 0 radical (unpaired) electrons. The van der Waals surface area contributed by atoms with Crippen molar-refractivity contribution in [1.82, 2.24) is 15.1 Å². The van der Waals surface area contributed by atoms with Crippen molar-refractivity contribution in [3.63, 3.8) is 0 Å². The van der Waals surface area contributed by atoms with Crippen molar-refractivity contribution < 1.29 is 18.0 Å². The number of nitrogens with zero attached hydrogens (tertiary/aromatic N) is 2. The van der Waals surface area contributed by atoms with Crippen molar-refractivity contribution in [2.24, 2.45) is 0 Å². The van der Waals surface area contributed by atoms with Gasteiger partial charge in [0.25, 0.3) is 0 Å². The number of amides is 2. The first-order valence-electron chi connectivity index (χ1n) is 10.4. The van der Waals surface area contributed by atoms with Gasteiger partial charge < -0.3 is 10.6 Å². The van der Waals surface area contributed by atoms with Gasteiger partial charge in [0.15, 0.2) is 9.84 Å². The first-order chi connectivity index (χ1) is 15.7. The second-order valence-corrected chi connectivity index (χ2v) is 10.5. The molecule has 1 atom stereocenters. The normalized spacial score (nSPS) is 15.0. The van der Waals surface area contributed by atoms with E-state index in [1.165, 1.54) is 4.68 Å². The van der Waals surface area contributed by atoms with Gasteiger partial charge in [-0.1, -0.05) is 41.9 Å². The van der Waals surface area contributed by atoms with E-state index in [9.17, 15) is 18.0 Å². The lowest BCUT2D eigenvalue weighted by Gasteiger charge is -2.15. The summed E-state index contributed by atoms with van der Waals surface area (Å²) >= 11 is 5.96. The summed E-state index contributed by atoms with van der Waals surface area (Å²) in [6.45, 7) is 1.83. The zero-order valence-electron chi connectivity index (χ0n) is 17.9. The Bertz CT molecular complexity index is 1290. The molecule has 0 fully saturated rings. The van der Waals surface area contributed by atoms with Crippen LogP contribution in [0.5, 0.6) is 0 Å². The number of nitrogens with one attached hydrogen (secondary N) is 2. The number of aromatic nitrogens is 2. The monoisotopic (exact) mass is 486 g/mol. The van der Waals surface area contributed by atoms with Crippen molar-refractivity contribution in [3.05, 3.63) is 76.4 Å². The fourth-order valence-corrected chi connectivity index (χ4v) is 5.31. The minimum absolute atomic E-state index is 0.172. The molecule has 3 aromatic rings. The van der Waals surface area contributed by atoms with Gasteiger partial charge in [-0.2, -0.15) is 5.10 Å². The second-order valence-electron chi connectivity index (χ2n) is 8.05. The number of carbonyl (C=O) groups excluding carboxylic acids is 2. The van der Waals surface area contributed by atoms with Crippen LogP contribution in [0.2, 0.25) is 5.02 Å². The number of benzene rings is 2. The molecule has 1 aromatic heterocycles. The maximum absolute atomic E-state index is 12.7. The molecule has 8 nitrogen and oxygen atoms in total. The predicted molar refractivity (Wildman–Crippen MR) is 126 cm³/mol. The summed E-state index contributed by atoms with van der Waals surface area (Å²) in [5, 5.41) is 10.2. The van der Waals surface area contributed by atoms with E-state index >= 15 is 0 Å². The molecule has 2 aromatic carbocycles. The van der Waals surface area contributed by atoms with E-state index in [4.69, 9.17) is 11.6 Å². The molecule has 2 amide bonds. The zero-order chi connectivity index (χ0) is 23.6. The van der Waals surface area contributed by atoms with Gasteiger partial charge in [0.05, 0.1) is 22.9 Å². The highest BCUT2D eigenvalue weighted by Gasteiger charge is 2.34. The van der Waals surface area contributed by atoms with Crippen molar-refractivity contribution in [2.75, 3.05) is 5.32 Å². The van der Waals surface area contributed by atoms with Crippen LogP contribution in [0.4, 0.5) is 5.82 Å². The maximum Gasteiger partial charge on any atom is 0.314 e. The molecule has 0 saturated carbocycles. The van der Waals surface area contributed by atoms with Gasteiger partial charge in [-0.05, 0) is 49.6 Å². The average Bonchev–Trinajstić information content (AvgIpc) is 3.25. The Morgan fingerprint density at radius 1 is 1.06 bits per heavy atom. The minimum Gasteiger partial charge on any atom is -0.345 e. The second kappa shape index (κ2) is 9.36. The third-order valence-electron chi connectivity index (χ3n) is 5.38. The number of hydrogen-bond donors (Lipinski definition) is 2. The Hall–Kier alpha value is -3.17. The first-order valence-corrected chi connectivity index (χ1v) is 12.6. The molecule has 0 saturated heterocycles. The highest BCUT2D eigenvalue weighted by atomic mass is 35.5. The topological polar surface area (TPSA) is 110 Å². The molecule has 10 heteroatoms. The summed E-state index contributed by atoms with van der Waals surface area (Å²) in [6, 6.07) is 16.3. The van der Waals surface area contributed by atoms with Crippen molar-refractivity contribution in [3.8, 4) is 5.69 Å². The van der Waals surface area contributed by atoms with Crippen molar-refractivity contribution in [1.29, 1.82) is 0 Å². The highest BCUT2D eigenvalue weighted by molar-refractivity contribution is 7.90. The molecule has 33 heavy (non-hydrogen) atoms. The summed E-state index contributed by atoms with van der Waals surface area (Å²) in [4.78, 5) is 25.2. The summed E-state index contributed by atoms with van der Waals surface area (Å²) in [5.41, 5.74) is 2.48. The maximum atomic E-state index is 12.7. The van der Waals surface area contributed by atoms with Crippen LogP contribution in [0.15, 0.2) is 54.6 Å². The molecule has 1 aliphatic rings. The summed E-state index contributed by atoms with van der Waals surface area (Å²) in [5.74, 6) is -1.97. The van der Waals surface area contributed by atoms with E-state index in [-0.39, 0.29) is 23.4 Å². The van der Waals surface area contributed by atoms with Crippen LogP contribution in [-0.4, -0.2) is 36.1 Å². The molecule has 2 heterocycles. The van der Waals surface area contributed by atoms with Gasteiger partial charge >= 0.3 is 11.8 Å². The molecule has 0 bridgehead atoms. The number of sulfone groups is 1. The Morgan fingerprint density at radius 3 is 2.45 bits per heavy atom. The van der Waals surface area contributed by atoms with Crippen LogP contribution < -0.4 is 10.6 Å². The van der Waals surface area contributed by atoms with Crippen LogP contribution >= 0.6 is 11.6 Å². The number of hydrogen-bond acceptors (Lipinski definition) is 5. The summed E-state index contributed by atoms with van der Waals surface area (Å²) in [6.07, 6.45) is 1.43. The van der Waals surface area contributed by atoms with Crippen molar-refractivity contribution >= 4 is 39.1 Å². The average molecular weight is 487 g/mol. The molecule has 4 rings (SSSR count). The quantitative estimate of drug-likeness (QED) is 0.520. The number of carbonyl (C=O) groups is 2. The Balaban J connectivity index is 1.48. The fraction of sp³-hybridized carbons (Fsp3) is 0.261. The smallest absolute Gasteiger partial charge is 0.314 e. The zero-order valence-corrected chi connectivity index (χ0v) is 19.5. The lowest BCUT2D eigenvalue weighted by atomic mass is 10.1. The Labute approximate surface area is 196 Å². The predicted octanol–water partition coefficient (Wildman–Crippen LogP) is 3.03. The van der Waals surface area contributed by atoms with E-state index in [1.807, 2.05) is 37.3 Å². The van der Waals surface area contributed by atoms with E-state index in [0.717, 1.165) is 12.0 Å². The van der Waals surface area contributed by atoms with E-state index in [2.05, 4.69) is 15.7 Å². The van der Waals surface area contributed by atoms with E-state index < -0.39 is 21.7 Å². The number of rotatable bonds is 6. The van der Waals surface area contributed by atoms with Gasteiger partial charge in [-0.15, -0.1) is 0 Å². The Morgan fingerprint density at radius 2 is 1.76 bits per heavy atom. The third kappa shape index (κ3) is 5.43. The molecular weight excluding hydrogens is 464 g/mol. The van der Waals surface area contributed by atoms with Crippen LogP contribution in [0.3, 0.4) is 0 Å². The van der Waals surface area contributed by atoms with Crippen LogP contribution in [0.1, 0.15) is 30.2 Å². The number of halogens is 1. The minimum atomic E-state index is -3.35. The first kappa shape index (κ1) is 23.0. The van der Waals surface area contributed by atoms with Gasteiger partial charge in [0, 0.05) is 16.6 Å². The molecule has 172 valence electrons. The molecule has 0 aliphatic carbocycles. The molecular formula is C23H23ClN4O4S. The van der Waals surface area contributed by atoms with Gasteiger partial charge in [0.1, 0.15) is 5.82 Å². The van der Waals surface area contributed by atoms with Crippen molar-refractivity contribution in [2.45, 2.75) is 37.3 Å². The summed E-state index contributed by atoms with van der Waals surface area (Å²) in [7, 11) is -3.35. The standard InChI is InChI=1S/C23H23ClN4O4S/c1-15(7-8-16-5-3-2-4-6-16)25-22(29)23(30)26-21-19-13-33(31,32)14-20(19)27-28(21)18-11-9-17(24)10-12-18/h2-6,9-12,15H,7-8,13-14H2,1H3,(H,25,29)(H,26,30). The third-order valence-corrected chi connectivity index (χ3v) is 7.08. The number of fused-ring (bicyclic) bond motifs is 1. The van der Waals surface area contributed by atoms with Crippen LogP contribution in [0, 0.1) is 0 Å².